The number of hydrogen-bond donors (Lipinski definition) is 1. The van der Waals surface area contributed by atoms with Crippen LogP contribution in [0.5, 0.6) is 0 Å². The summed E-state index contributed by atoms with van der Waals surface area (Å²) in [5.74, 6) is -0.707. The molecule has 0 heterocycles. The van der Waals surface area contributed by atoms with Gasteiger partial charge in [-0.25, -0.2) is 0 Å². The summed E-state index contributed by atoms with van der Waals surface area (Å²) in [6.07, 6.45) is 56.2. The average molecular weight is 693 g/mol. The highest BCUT2D eigenvalue weighted by molar-refractivity contribution is 5.70. The van der Waals surface area contributed by atoms with Crippen LogP contribution in [0.3, 0.4) is 0 Å². The zero-order chi connectivity index (χ0) is 36.4. The molecule has 0 unspecified atom stereocenters. The predicted molar refractivity (Wildman–Crippen MR) is 214 cm³/mol. The second kappa shape index (κ2) is 40.3. The van der Waals surface area contributed by atoms with Crippen LogP contribution in [0.2, 0.25) is 0 Å². The molecule has 1 N–H and O–H groups in total. The van der Waals surface area contributed by atoms with Gasteiger partial charge in [0.15, 0.2) is 6.10 Å². The van der Waals surface area contributed by atoms with Crippen LogP contribution in [0.15, 0.2) is 97.2 Å². The smallest absolute Gasteiger partial charge is 0.306 e. The molecule has 0 aliphatic rings. The van der Waals surface area contributed by atoms with Crippen LogP contribution in [0.4, 0.5) is 0 Å². The van der Waals surface area contributed by atoms with Crippen molar-refractivity contribution in [3.63, 3.8) is 0 Å². The topological polar surface area (TPSA) is 72.8 Å². The van der Waals surface area contributed by atoms with Gasteiger partial charge in [-0.05, 0) is 83.5 Å². The van der Waals surface area contributed by atoms with Crippen LogP contribution in [0, 0.1) is 0 Å². The number of rotatable bonds is 34. The van der Waals surface area contributed by atoms with E-state index < -0.39 is 12.1 Å². The van der Waals surface area contributed by atoms with Gasteiger partial charge < -0.3 is 14.6 Å². The number of aliphatic hydroxyl groups is 1. The second-order valence-corrected chi connectivity index (χ2v) is 12.6. The van der Waals surface area contributed by atoms with E-state index in [4.69, 9.17) is 9.47 Å². The quantitative estimate of drug-likeness (QED) is 0.0413. The molecule has 0 saturated carbocycles. The molecule has 0 rings (SSSR count). The molecule has 50 heavy (non-hydrogen) atoms. The van der Waals surface area contributed by atoms with E-state index >= 15 is 0 Å². The monoisotopic (exact) mass is 693 g/mol. The molecule has 0 aromatic carbocycles. The minimum Gasteiger partial charge on any atom is -0.462 e. The maximum Gasteiger partial charge on any atom is 0.306 e. The first kappa shape index (κ1) is 46.8. The number of unbranched alkanes of at least 4 members (excludes halogenated alkanes) is 10. The first-order valence-electron chi connectivity index (χ1n) is 19.8. The van der Waals surface area contributed by atoms with Crippen LogP contribution in [-0.2, 0) is 19.1 Å². The zero-order valence-electron chi connectivity index (χ0n) is 31.9. The van der Waals surface area contributed by atoms with Crippen molar-refractivity contribution in [3.8, 4) is 0 Å². The summed E-state index contributed by atoms with van der Waals surface area (Å²) in [4.78, 5) is 24.2. The van der Waals surface area contributed by atoms with Crippen molar-refractivity contribution in [1.29, 1.82) is 0 Å². The third kappa shape index (κ3) is 37.6. The minimum absolute atomic E-state index is 0.106. The fourth-order valence-electron chi connectivity index (χ4n) is 4.90. The molecule has 0 aliphatic carbocycles. The Balaban J connectivity index is 3.74. The van der Waals surface area contributed by atoms with Crippen LogP contribution in [0.25, 0.3) is 0 Å². The Bertz CT molecular complexity index is 1010. The molecule has 0 aromatic rings. The summed E-state index contributed by atoms with van der Waals surface area (Å²) in [6, 6.07) is 0. The molecule has 282 valence electrons. The fourth-order valence-corrected chi connectivity index (χ4v) is 4.90. The molecule has 5 nitrogen and oxygen atoms in total. The van der Waals surface area contributed by atoms with Gasteiger partial charge >= 0.3 is 11.9 Å². The van der Waals surface area contributed by atoms with Crippen LogP contribution < -0.4 is 0 Å². The highest BCUT2D eigenvalue weighted by Gasteiger charge is 2.15. The standard InChI is InChI=1S/C45H72O5/c1-3-5-7-9-11-13-15-17-19-21-22-24-26-28-30-32-34-36-38-40-45(48)50-43(41-46)42-49-44(47)39-37-35-33-31-29-27-25-23-20-18-16-14-12-10-8-6-4-2/h5,7,11-14,17-20,22,24,28,30,34,36,43,46H,3-4,6,8-10,15-16,21,23,25-27,29,31-33,35,37-42H2,1-2H3/t43-/m0/s1. The van der Waals surface area contributed by atoms with E-state index in [1.807, 2.05) is 12.2 Å². The maximum atomic E-state index is 12.1. The number of allylic oxidation sites excluding steroid dienone is 16. The lowest BCUT2D eigenvalue weighted by Gasteiger charge is -2.15. The minimum atomic E-state index is -0.821. The number of ether oxygens (including phenoxy) is 2. The lowest BCUT2D eigenvalue weighted by molar-refractivity contribution is -0.161. The first-order valence-corrected chi connectivity index (χ1v) is 19.8. The summed E-state index contributed by atoms with van der Waals surface area (Å²) in [7, 11) is 0. The first-order chi connectivity index (χ1) is 24.6. The third-order valence-corrected chi connectivity index (χ3v) is 7.88. The van der Waals surface area contributed by atoms with Crippen LogP contribution >= 0.6 is 0 Å². The van der Waals surface area contributed by atoms with Gasteiger partial charge in [-0.1, -0.05) is 156 Å². The molecular weight excluding hydrogens is 620 g/mol. The molecule has 0 aromatic heterocycles. The van der Waals surface area contributed by atoms with E-state index in [1.165, 1.54) is 51.4 Å². The number of carbonyl (C=O) groups excluding carboxylic acids is 2. The number of carbonyl (C=O) groups is 2. The Morgan fingerprint density at radius 1 is 0.480 bits per heavy atom. The maximum absolute atomic E-state index is 12.1. The molecule has 0 amide bonds. The number of hydrogen-bond acceptors (Lipinski definition) is 5. The Morgan fingerprint density at radius 2 is 0.900 bits per heavy atom. The SMILES string of the molecule is CCC=CCC=CCC=CCC=CCC=CCC=CCCC(=O)O[C@@H](CO)COC(=O)CCCCCCCCCC=CCC=CCCCCC. The largest absolute Gasteiger partial charge is 0.462 e. The second-order valence-electron chi connectivity index (χ2n) is 12.6. The molecular formula is C45H72O5. The van der Waals surface area contributed by atoms with E-state index in [-0.39, 0.29) is 25.6 Å². The van der Waals surface area contributed by atoms with E-state index in [0.29, 0.717) is 12.8 Å². The molecule has 0 saturated heterocycles. The van der Waals surface area contributed by atoms with Crippen molar-refractivity contribution >= 4 is 11.9 Å². The summed E-state index contributed by atoms with van der Waals surface area (Å²) in [5.41, 5.74) is 0. The van der Waals surface area contributed by atoms with E-state index in [2.05, 4.69) is 98.9 Å². The van der Waals surface area contributed by atoms with Gasteiger partial charge in [0.2, 0.25) is 0 Å². The Hall–Kier alpha value is -3.18. The normalized spacial score (nSPS) is 13.3. The third-order valence-electron chi connectivity index (χ3n) is 7.88. The summed E-state index contributed by atoms with van der Waals surface area (Å²) in [6.45, 7) is 3.91. The predicted octanol–water partition coefficient (Wildman–Crippen LogP) is 12.5. The van der Waals surface area contributed by atoms with E-state index in [1.54, 1.807) is 0 Å². The van der Waals surface area contributed by atoms with Gasteiger partial charge in [-0.3, -0.25) is 9.59 Å². The Labute approximate surface area is 307 Å². The molecule has 0 aliphatic heterocycles. The fraction of sp³-hybridized carbons (Fsp3) is 0.600. The van der Waals surface area contributed by atoms with Gasteiger partial charge in [-0.15, -0.1) is 0 Å². The van der Waals surface area contributed by atoms with Crippen LogP contribution in [-0.4, -0.2) is 36.4 Å². The molecule has 5 heteroatoms. The Kier molecular flexibility index (Phi) is 37.7. The van der Waals surface area contributed by atoms with Gasteiger partial charge in [0, 0.05) is 12.8 Å². The molecule has 0 spiro atoms. The lowest BCUT2D eigenvalue weighted by atomic mass is 10.1. The van der Waals surface area contributed by atoms with Crippen molar-refractivity contribution in [3.05, 3.63) is 97.2 Å². The van der Waals surface area contributed by atoms with Crippen molar-refractivity contribution in [1.82, 2.24) is 0 Å². The molecule has 0 fully saturated rings. The lowest BCUT2D eigenvalue weighted by Crippen LogP contribution is -2.28. The Morgan fingerprint density at radius 3 is 1.38 bits per heavy atom. The number of aliphatic hydroxyl groups excluding tert-OH is 1. The summed E-state index contributed by atoms with van der Waals surface area (Å²) < 4.78 is 10.5. The van der Waals surface area contributed by atoms with Gasteiger partial charge in [-0.2, -0.15) is 0 Å². The highest BCUT2D eigenvalue weighted by Crippen LogP contribution is 2.11. The average Bonchev–Trinajstić information content (AvgIpc) is 3.12. The highest BCUT2D eigenvalue weighted by atomic mass is 16.6. The van der Waals surface area contributed by atoms with E-state index in [0.717, 1.165) is 70.6 Å². The molecule has 1 atom stereocenters. The van der Waals surface area contributed by atoms with Crippen molar-refractivity contribution in [2.24, 2.45) is 0 Å². The summed E-state index contributed by atoms with van der Waals surface area (Å²) in [5, 5.41) is 9.55. The summed E-state index contributed by atoms with van der Waals surface area (Å²) >= 11 is 0. The van der Waals surface area contributed by atoms with Crippen LogP contribution in [0.1, 0.15) is 155 Å². The van der Waals surface area contributed by atoms with Crippen molar-refractivity contribution < 1.29 is 24.2 Å². The van der Waals surface area contributed by atoms with Crippen molar-refractivity contribution in [2.45, 2.75) is 161 Å². The molecule has 0 bridgehead atoms. The molecule has 0 radical (unpaired) electrons. The van der Waals surface area contributed by atoms with Gasteiger partial charge in [0.1, 0.15) is 6.61 Å². The van der Waals surface area contributed by atoms with Gasteiger partial charge in [0.25, 0.3) is 0 Å². The van der Waals surface area contributed by atoms with Crippen molar-refractivity contribution in [2.75, 3.05) is 13.2 Å². The number of esters is 2. The zero-order valence-corrected chi connectivity index (χ0v) is 31.9. The van der Waals surface area contributed by atoms with E-state index in [9.17, 15) is 14.7 Å². The van der Waals surface area contributed by atoms with Gasteiger partial charge in [0.05, 0.1) is 6.61 Å².